The number of rotatable bonds is 10. The van der Waals surface area contributed by atoms with Gasteiger partial charge in [0.25, 0.3) is 5.91 Å². The van der Waals surface area contributed by atoms with Crippen LogP contribution in [0.15, 0.2) is 77.7 Å². The van der Waals surface area contributed by atoms with Crippen molar-refractivity contribution in [2.75, 3.05) is 37.0 Å². The molecule has 3 aromatic carbocycles. The predicted octanol–water partition coefficient (Wildman–Crippen LogP) is 4.77. The number of ether oxygens (including phenoxy) is 2. The van der Waals surface area contributed by atoms with Crippen molar-refractivity contribution in [1.29, 1.82) is 0 Å². The molecule has 0 radical (unpaired) electrons. The summed E-state index contributed by atoms with van der Waals surface area (Å²) in [4.78, 5) is 27.4. The molecule has 9 nitrogen and oxygen atoms in total. The Morgan fingerprint density at radius 3 is 2.55 bits per heavy atom. The molecule has 1 saturated heterocycles. The van der Waals surface area contributed by atoms with E-state index in [4.69, 9.17) is 9.47 Å². The third-order valence-electron chi connectivity index (χ3n) is 6.85. The van der Waals surface area contributed by atoms with Gasteiger partial charge in [0, 0.05) is 30.4 Å². The molecule has 0 aliphatic carbocycles. The Bertz CT molecular complexity index is 1440. The summed E-state index contributed by atoms with van der Waals surface area (Å²) in [6, 6.07) is 20.3. The van der Waals surface area contributed by atoms with Gasteiger partial charge in [-0.3, -0.25) is 9.59 Å². The zero-order valence-electron chi connectivity index (χ0n) is 22.9. The Morgan fingerprint density at radius 1 is 1.05 bits per heavy atom. The number of carbonyl (C=O) groups excluding carboxylic acids is 2. The van der Waals surface area contributed by atoms with Gasteiger partial charge in [0.2, 0.25) is 10.0 Å². The lowest BCUT2D eigenvalue weighted by Crippen LogP contribution is -2.40. The maximum Gasteiger partial charge on any atom is 0.310 e. The van der Waals surface area contributed by atoms with E-state index in [-0.39, 0.29) is 23.4 Å². The van der Waals surface area contributed by atoms with Crippen LogP contribution in [0, 0.1) is 5.92 Å². The highest BCUT2D eigenvalue weighted by atomic mass is 32.2. The first kappa shape index (κ1) is 29.1. The molecular formula is C30H35N3O6S. The molecule has 10 heteroatoms. The fourth-order valence-electron chi connectivity index (χ4n) is 4.79. The van der Waals surface area contributed by atoms with Crippen molar-refractivity contribution in [3.63, 3.8) is 0 Å². The third kappa shape index (κ3) is 7.00. The van der Waals surface area contributed by atoms with E-state index in [2.05, 4.69) is 10.0 Å². The van der Waals surface area contributed by atoms with Crippen molar-refractivity contribution in [3.05, 3.63) is 83.9 Å². The van der Waals surface area contributed by atoms with Gasteiger partial charge < -0.3 is 19.7 Å². The summed E-state index contributed by atoms with van der Waals surface area (Å²) in [5.74, 6) is -0.505. The Hall–Kier alpha value is -3.89. The third-order valence-corrected chi connectivity index (χ3v) is 8.42. The maximum atomic E-state index is 13.8. The van der Waals surface area contributed by atoms with Crippen LogP contribution in [0.5, 0.6) is 5.75 Å². The van der Waals surface area contributed by atoms with Crippen molar-refractivity contribution in [2.24, 2.45) is 5.92 Å². The van der Waals surface area contributed by atoms with Crippen molar-refractivity contribution in [2.45, 2.75) is 37.6 Å². The summed E-state index contributed by atoms with van der Waals surface area (Å²) in [5.41, 5.74) is 1.97. The van der Waals surface area contributed by atoms with E-state index in [0.29, 0.717) is 48.6 Å². The van der Waals surface area contributed by atoms with E-state index < -0.39 is 22.0 Å². The Morgan fingerprint density at radius 2 is 1.82 bits per heavy atom. The van der Waals surface area contributed by atoms with Gasteiger partial charge in [0.15, 0.2) is 0 Å². The average molecular weight is 566 g/mol. The molecule has 0 aromatic heterocycles. The fourth-order valence-corrected chi connectivity index (χ4v) is 6.27. The highest BCUT2D eigenvalue weighted by Gasteiger charge is 2.31. The number of esters is 1. The topological polar surface area (TPSA) is 114 Å². The van der Waals surface area contributed by atoms with Crippen LogP contribution in [0.25, 0.3) is 0 Å². The molecule has 1 amide bonds. The number of nitrogens with zero attached hydrogens (tertiary/aromatic N) is 1. The van der Waals surface area contributed by atoms with Crippen LogP contribution in [-0.2, 0) is 19.6 Å². The minimum Gasteiger partial charge on any atom is -0.497 e. The lowest BCUT2D eigenvalue weighted by Gasteiger charge is -2.34. The summed E-state index contributed by atoms with van der Waals surface area (Å²) < 4.78 is 40.9. The molecule has 4 rings (SSSR count). The largest absolute Gasteiger partial charge is 0.497 e. The maximum absolute atomic E-state index is 13.8. The van der Waals surface area contributed by atoms with Gasteiger partial charge in [-0.2, -0.15) is 0 Å². The highest BCUT2D eigenvalue weighted by molar-refractivity contribution is 7.89. The van der Waals surface area contributed by atoms with Gasteiger partial charge in [0.1, 0.15) is 10.6 Å². The summed E-state index contributed by atoms with van der Waals surface area (Å²) >= 11 is 0. The van der Waals surface area contributed by atoms with Crippen LogP contribution in [0.2, 0.25) is 0 Å². The lowest BCUT2D eigenvalue weighted by molar-refractivity contribution is -0.148. The van der Waals surface area contributed by atoms with Gasteiger partial charge in [0.05, 0.1) is 25.3 Å². The molecule has 2 N–H and O–H groups in total. The molecule has 40 heavy (non-hydrogen) atoms. The van der Waals surface area contributed by atoms with Crippen molar-refractivity contribution < 1.29 is 27.5 Å². The summed E-state index contributed by atoms with van der Waals surface area (Å²) in [5, 5.41) is 2.80. The van der Waals surface area contributed by atoms with Crippen LogP contribution in [0.1, 0.15) is 48.7 Å². The van der Waals surface area contributed by atoms with Crippen molar-refractivity contribution >= 4 is 33.3 Å². The molecule has 0 unspecified atom stereocenters. The molecule has 3 aromatic rings. The van der Waals surface area contributed by atoms with Crippen LogP contribution in [0.3, 0.4) is 0 Å². The molecule has 0 bridgehead atoms. The first-order valence-corrected chi connectivity index (χ1v) is 14.8. The molecule has 1 aliphatic rings. The van der Waals surface area contributed by atoms with Crippen LogP contribution >= 0.6 is 0 Å². The van der Waals surface area contributed by atoms with Crippen LogP contribution in [-0.4, -0.2) is 47.1 Å². The van der Waals surface area contributed by atoms with Crippen LogP contribution in [0.4, 0.5) is 11.4 Å². The first-order chi connectivity index (χ1) is 19.2. The van der Waals surface area contributed by atoms with Crippen molar-refractivity contribution in [1.82, 2.24) is 4.72 Å². The Labute approximate surface area is 235 Å². The molecule has 0 saturated carbocycles. The number of anilines is 2. The number of amides is 1. The fraction of sp³-hybridized carbons (Fsp3) is 0.333. The molecule has 2 atom stereocenters. The van der Waals surface area contributed by atoms with Gasteiger partial charge in [-0.25, -0.2) is 13.1 Å². The van der Waals surface area contributed by atoms with E-state index in [9.17, 15) is 18.0 Å². The highest BCUT2D eigenvalue weighted by Crippen LogP contribution is 2.33. The van der Waals surface area contributed by atoms with Crippen molar-refractivity contribution in [3.8, 4) is 5.75 Å². The summed E-state index contributed by atoms with van der Waals surface area (Å²) in [6.45, 7) is 4.76. The number of carbonyl (C=O) groups is 2. The smallest absolute Gasteiger partial charge is 0.310 e. The number of piperidine rings is 1. The number of methoxy groups -OCH3 is 1. The molecule has 1 heterocycles. The zero-order valence-corrected chi connectivity index (χ0v) is 23.7. The standard InChI is InChI=1S/C30H35N3O6S/c1-4-39-30(35)24-13-9-17-33(20-24)27-16-15-25(31-29(34)23-12-8-14-26(18-23)38-3)19-28(27)40(36,37)32-21(2)22-10-6-5-7-11-22/h5-8,10-12,14-16,18-19,21,24,32H,4,9,13,17,20H2,1-3H3,(H,31,34)/t21-,24+/m0/s1. The number of nitrogens with one attached hydrogen (secondary N) is 2. The average Bonchev–Trinajstić information content (AvgIpc) is 2.97. The molecule has 1 fully saturated rings. The van der Waals surface area contributed by atoms with Gasteiger partial charge in [-0.1, -0.05) is 36.4 Å². The van der Waals surface area contributed by atoms with Gasteiger partial charge in [-0.15, -0.1) is 0 Å². The second kappa shape index (κ2) is 13.0. The monoisotopic (exact) mass is 565 g/mol. The first-order valence-electron chi connectivity index (χ1n) is 13.3. The van der Waals surface area contributed by atoms with E-state index in [1.54, 1.807) is 50.2 Å². The number of benzene rings is 3. The second-order valence-electron chi connectivity index (χ2n) is 9.66. The molecule has 1 aliphatic heterocycles. The number of sulfonamides is 1. The minimum atomic E-state index is -4.05. The Kier molecular flexibility index (Phi) is 9.44. The van der Waals surface area contributed by atoms with Gasteiger partial charge in [-0.05, 0) is 68.7 Å². The van der Waals surface area contributed by atoms with Crippen LogP contribution < -0.4 is 19.7 Å². The summed E-state index contributed by atoms with van der Waals surface area (Å²) in [6.07, 6.45) is 1.39. The van der Waals surface area contributed by atoms with E-state index >= 15 is 0 Å². The molecular weight excluding hydrogens is 530 g/mol. The quantitative estimate of drug-likeness (QED) is 0.341. The normalized spacial score (nSPS) is 16.2. The van der Waals surface area contributed by atoms with E-state index in [1.165, 1.54) is 13.2 Å². The summed E-state index contributed by atoms with van der Waals surface area (Å²) in [7, 11) is -2.53. The lowest BCUT2D eigenvalue weighted by atomic mass is 9.97. The predicted molar refractivity (Wildman–Crippen MR) is 154 cm³/mol. The number of hydrogen-bond acceptors (Lipinski definition) is 7. The zero-order chi connectivity index (χ0) is 28.7. The van der Waals surface area contributed by atoms with Gasteiger partial charge >= 0.3 is 5.97 Å². The Balaban J connectivity index is 1.68. The minimum absolute atomic E-state index is 0.0169. The van der Waals surface area contributed by atoms with E-state index in [0.717, 1.165) is 5.56 Å². The molecule has 0 spiro atoms. The van der Waals surface area contributed by atoms with E-state index in [1.807, 2.05) is 35.2 Å². The SMILES string of the molecule is CCOC(=O)[C@@H]1CCCN(c2ccc(NC(=O)c3cccc(OC)c3)cc2S(=O)(=O)N[C@@H](C)c2ccccc2)C1. The second-order valence-corrected chi connectivity index (χ2v) is 11.3. The molecule has 212 valence electrons. The number of hydrogen-bond donors (Lipinski definition) is 2.